The van der Waals surface area contributed by atoms with E-state index in [4.69, 9.17) is 9.16 Å². The molecule has 0 N–H and O–H groups in total. The summed E-state index contributed by atoms with van der Waals surface area (Å²) >= 11 is 0. The van der Waals surface area contributed by atoms with Crippen LogP contribution in [0.4, 0.5) is 0 Å². The highest BCUT2D eigenvalue weighted by atomic mass is 32.2. The zero-order valence-corrected chi connectivity index (χ0v) is 24.0. The van der Waals surface area contributed by atoms with Gasteiger partial charge in [0.1, 0.15) is 5.75 Å². The number of methoxy groups -OCH3 is 1. The first-order valence-corrected chi connectivity index (χ1v) is 17.3. The van der Waals surface area contributed by atoms with Crippen molar-refractivity contribution in [3.63, 3.8) is 0 Å². The van der Waals surface area contributed by atoms with E-state index in [-0.39, 0.29) is 12.0 Å². The van der Waals surface area contributed by atoms with Crippen LogP contribution in [0, 0.1) is 5.92 Å². The fraction of sp³-hybridized carbons (Fsp3) is 0.517. The predicted molar refractivity (Wildman–Crippen MR) is 150 cm³/mol. The normalized spacial score (nSPS) is 20.6. The second-order valence-electron chi connectivity index (χ2n) is 9.52. The van der Waals surface area contributed by atoms with Gasteiger partial charge in [-0.25, -0.2) is 8.57 Å². The van der Waals surface area contributed by atoms with E-state index >= 15 is 0 Å². The van der Waals surface area contributed by atoms with Gasteiger partial charge in [-0.05, 0) is 67.2 Å². The van der Waals surface area contributed by atoms with Crippen molar-refractivity contribution in [2.75, 3.05) is 14.2 Å². The van der Waals surface area contributed by atoms with Gasteiger partial charge in [0, 0.05) is 18.4 Å². The maximum absolute atomic E-state index is 14.1. The molecule has 0 heterocycles. The zero-order valence-electron chi connectivity index (χ0n) is 22.2. The van der Waals surface area contributed by atoms with Gasteiger partial charge in [0.05, 0.1) is 27.8 Å². The molecular weight excluding hydrogens is 470 g/mol. The van der Waals surface area contributed by atoms with Gasteiger partial charge in [0.2, 0.25) is 0 Å². The first-order valence-electron chi connectivity index (χ1n) is 13.2. The molecule has 4 nitrogen and oxygen atoms in total. The van der Waals surface area contributed by atoms with Gasteiger partial charge >= 0.3 is 0 Å². The minimum absolute atomic E-state index is 0.0481. The number of nitrogens with zero attached hydrogens (tertiary/aromatic N) is 1. The van der Waals surface area contributed by atoms with Crippen molar-refractivity contribution in [3.05, 3.63) is 71.1 Å². The lowest BCUT2D eigenvalue weighted by Crippen LogP contribution is -2.39. The summed E-state index contributed by atoms with van der Waals surface area (Å²) in [4.78, 5) is 0.777. The molecule has 1 saturated carbocycles. The number of benzene rings is 2. The maximum Gasteiger partial charge on any atom is 0.192 e. The Morgan fingerprint density at radius 1 is 1.00 bits per heavy atom. The molecule has 2 aromatic rings. The van der Waals surface area contributed by atoms with E-state index in [1.165, 1.54) is 17.6 Å². The molecular formula is C29H43NO3SSi. The van der Waals surface area contributed by atoms with E-state index in [2.05, 4.69) is 37.3 Å². The summed E-state index contributed by atoms with van der Waals surface area (Å²) in [6, 6.07) is 21.4. The van der Waals surface area contributed by atoms with Crippen LogP contribution < -0.4 is 4.74 Å². The van der Waals surface area contributed by atoms with Crippen molar-refractivity contribution in [2.24, 2.45) is 10.3 Å². The van der Waals surface area contributed by atoms with Gasteiger partial charge in [-0.1, -0.05) is 69.5 Å². The first kappa shape index (κ1) is 27.7. The third-order valence-corrected chi connectivity index (χ3v) is 14.5. The van der Waals surface area contributed by atoms with Crippen molar-refractivity contribution in [1.82, 2.24) is 0 Å². The standard InChI is InChI=1S/C29H43NO3SSi/c1-6-35(7-2,8-3)33-29(24-19-21-26(32-5)22-20-24)28-18-14-9-11-15-25(28)23-34(31,30-4)27-16-12-10-13-17-27/h10,12-13,16-17,19-23,28-29H,6-9,11,14-15,18H2,1-5H3/b25-23+/t28-,29+,34?/m1/s1. The molecule has 0 spiro atoms. The van der Waals surface area contributed by atoms with Crippen molar-refractivity contribution < 1.29 is 13.4 Å². The highest BCUT2D eigenvalue weighted by Crippen LogP contribution is 2.43. The van der Waals surface area contributed by atoms with Gasteiger partial charge in [0.25, 0.3) is 0 Å². The Labute approximate surface area is 214 Å². The Bertz CT molecular complexity index is 1060. The summed E-state index contributed by atoms with van der Waals surface area (Å²) in [7, 11) is -1.16. The van der Waals surface area contributed by atoms with Crippen LogP contribution in [0.1, 0.15) is 64.5 Å². The van der Waals surface area contributed by atoms with Crippen LogP contribution in [0.25, 0.3) is 0 Å². The summed E-state index contributed by atoms with van der Waals surface area (Å²) in [5, 5.41) is 2.01. The summed E-state index contributed by atoms with van der Waals surface area (Å²) in [5.74, 6) is 1.04. The average Bonchev–Trinajstić information content (AvgIpc) is 3.15. The van der Waals surface area contributed by atoms with Crippen molar-refractivity contribution in [1.29, 1.82) is 0 Å². The lowest BCUT2D eigenvalue weighted by molar-refractivity contribution is 0.133. The van der Waals surface area contributed by atoms with Crippen LogP contribution in [-0.2, 0) is 14.2 Å². The number of ether oxygens (including phenoxy) is 1. The molecule has 0 amide bonds. The zero-order chi connectivity index (χ0) is 25.3. The van der Waals surface area contributed by atoms with Gasteiger partial charge in [-0.3, -0.25) is 0 Å². The van der Waals surface area contributed by atoms with E-state index in [1.54, 1.807) is 14.2 Å². The third-order valence-electron chi connectivity index (χ3n) is 7.74. The third kappa shape index (κ3) is 6.66. The Balaban J connectivity index is 2.13. The molecule has 0 saturated heterocycles. The second kappa shape index (κ2) is 12.9. The molecule has 35 heavy (non-hydrogen) atoms. The Kier molecular flexibility index (Phi) is 10.2. The predicted octanol–water partition coefficient (Wildman–Crippen LogP) is 8.38. The number of hydrogen-bond acceptors (Lipinski definition) is 4. The van der Waals surface area contributed by atoms with E-state index in [9.17, 15) is 4.21 Å². The van der Waals surface area contributed by atoms with Crippen LogP contribution in [-0.4, -0.2) is 26.7 Å². The molecule has 192 valence electrons. The smallest absolute Gasteiger partial charge is 0.192 e. The van der Waals surface area contributed by atoms with Crippen LogP contribution in [0.5, 0.6) is 5.75 Å². The van der Waals surface area contributed by atoms with E-state index in [0.717, 1.165) is 54.5 Å². The average molecular weight is 514 g/mol. The van der Waals surface area contributed by atoms with Crippen LogP contribution >= 0.6 is 0 Å². The fourth-order valence-electron chi connectivity index (χ4n) is 5.23. The molecule has 1 fully saturated rings. The number of hydrogen-bond donors (Lipinski definition) is 0. The molecule has 0 aromatic heterocycles. The Morgan fingerprint density at radius 2 is 1.66 bits per heavy atom. The van der Waals surface area contributed by atoms with Crippen molar-refractivity contribution in [3.8, 4) is 5.75 Å². The van der Waals surface area contributed by atoms with Crippen LogP contribution in [0.2, 0.25) is 18.1 Å². The second-order valence-corrected chi connectivity index (χ2v) is 16.5. The quantitative estimate of drug-likeness (QED) is 0.237. The van der Waals surface area contributed by atoms with Gasteiger partial charge < -0.3 is 9.16 Å². The van der Waals surface area contributed by atoms with Gasteiger partial charge in [-0.15, -0.1) is 0 Å². The molecule has 0 bridgehead atoms. The van der Waals surface area contributed by atoms with Gasteiger partial charge in [-0.2, -0.15) is 0 Å². The Morgan fingerprint density at radius 3 is 2.23 bits per heavy atom. The minimum Gasteiger partial charge on any atom is -0.497 e. The molecule has 1 aliphatic carbocycles. The molecule has 0 aliphatic heterocycles. The molecule has 3 rings (SSSR count). The molecule has 0 radical (unpaired) electrons. The minimum atomic E-state index is -2.64. The SMILES string of the molecule is CC[Si](CC)(CC)O[C@@H](c1ccc(OC)cc1)[C@@H]1CCCCC/C1=C\S(=O)(=NC)c1ccccc1. The largest absolute Gasteiger partial charge is 0.497 e. The number of rotatable bonds is 10. The van der Waals surface area contributed by atoms with Gasteiger partial charge in [0.15, 0.2) is 8.32 Å². The first-order chi connectivity index (χ1) is 16.9. The molecule has 3 atom stereocenters. The highest BCUT2D eigenvalue weighted by Gasteiger charge is 2.37. The maximum atomic E-state index is 14.1. The topological polar surface area (TPSA) is 47.9 Å². The lowest BCUT2D eigenvalue weighted by Gasteiger charge is -2.38. The summed E-state index contributed by atoms with van der Waals surface area (Å²) in [6.45, 7) is 6.85. The van der Waals surface area contributed by atoms with Crippen LogP contribution in [0.15, 0.2) is 74.8 Å². The monoisotopic (exact) mass is 513 g/mol. The Hall–Kier alpha value is -1.89. The van der Waals surface area contributed by atoms with Crippen molar-refractivity contribution >= 4 is 18.0 Å². The molecule has 2 aromatic carbocycles. The van der Waals surface area contributed by atoms with E-state index in [1.807, 2.05) is 47.9 Å². The highest BCUT2D eigenvalue weighted by molar-refractivity contribution is 7.96. The van der Waals surface area contributed by atoms with Crippen LogP contribution in [0.3, 0.4) is 0 Å². The molecule has 6 heteroatoms. The van der Waals surface area contributed by atoms with E-state index in [0.29, 0.717) is 0 Å². The summed E-state index contributed by atoms with van der Waals surface area (Å²) in [5.41, 5.74) is 2.43. The summed E-state index contributed by atoms with van der Waals surface area (Å²) in [6.07, 6.45) is 5.40. The molecule has 1 aliphatic rings. The fourth-order valence-corrected chi connectivity index (χ4v) is 9.77. The molecule has 1 unspecified atom stereocenters. The van der Waals surface area contributed by atoms with Crippen molar-refractivity contribution in [2.45, 2.75) is 82.0 Å². The summed E-state index contributed by atoms with van der Waals surface area (Å²) < 4.78 is 31.2. The lowest BCUT2D eigenvalue weighted by atomic mass is 9.86. The van der Waals surface area contributed by atoms with E-state index < -0.39 is 18.0 Å².